The zero-order chi connectivity index (χ0) is 17.6. The van der Waals surface area contributed by atoms with Gasteiger partial charge in [-0.2, -0.15) is 0 Å². The number of amides is 2. The molecule has 0 spiro atoms. The van der Waals surface area contributed by atoms with Gasteiger partial charge in [-0.25, -0.2) is 0 Å². The van der Waals surface area contributed by atoms with E-state index in [1.54, 1.807) is 45.3 Å². The van der Waals surface area contributed by atoms with Crippen LogP contribution in [0.2, 0.25) is 0 Å². The molecule has 23 heavy (non-hydrogen) atoms. The van der Waals surface area contributed by atoms with E-state index in [0.29, 0.717) is 11.5 Å². The molecule has 6 heteroatoms. The van der Waals surface area contributed by atoms with Crippen LogP contribution >= 0.6 is 0 Å². The average Bonchev–Trinajstić information content (AvgIpc) is 2.45. The molecule has 6 nitrogen and oxygen atoms in total. The second-order valence-electron chi connectivity index (χ2n) is 6.43. The number of hydrogen-bond acceptors (Lipinski definition) is 4. The molecule has 0 saturated carbocycles. The number of rotatable bonds is 6. The summed E-state index contributed by atoms with van der Waals surface area (Å²) >= 11 is 0. The molecule has 1 aromatic rings. The molecule has 1 aromatic carbocycles. The lowest BCUT2D eigenvalue weighted by atomic mass is 10.1. The predicted molar refractivity (Wildman–Crippen MR) is 88.6 cm³/mol. The van der Waals surface area contributed by atoms with Crippen molar-refractivity contribution in [2.45, 2.75) is 39.3 Å². The minimum Gasteiger partial charge on any atom is -0.497 e. The van der Waals surface area contributed by atoms with E-state index in [1.807, 2.05) is 20.8 Å². The molecular weight excluding hydrogens is 296 g/mol. The second-order valence-corrected chi connectivity index (χ2v) is 6.43. The van der Waals surface area contributed by atoms with Gasteiger partial charge in [0.15, 0.2) is 6.10 Å². The highest BCUT2D eigenvalue weighted by Crippen LogP contribution is 2.18. The number of likely N-dealkylation sites (N-methyl/N-ethyl adjacent to an activating group) is 1. The minimum atomic E-state index is -0.684. The monoisotopic (exact) mass is 322 g/mol. The fraction of sp³-hybridized carbons (Fsp3) is 0.529. The number of benzene rings is 1. The van der Waals surface area contributed by atoms with Gasteiger partial charge < -0.3 is 19.7 Å². The van der Waals surface area contributed by atoms with Gasteiger partial charge in [0.25, 0.3) is 5.91 Å². The third-order valence-corrected chi connectivity index (χ3v) is 2.99. The topological polar surface area (TPSA) is 67.9 Å². The predicted octanol–water partition coefficient (Wildman–Crippen LogP) is 1.84. The Morgan fingerprint density at radius 3 is 2.17 bits per heavy atom. The van der Waals surface area contributed by atoms with Crippen LogP contribution in [0.3, 0.4) is 0 Å². The van der Waals surface area contributed by atoms with Crippen molar-refractivity contribution in [3.8, 4) is 11.5 Å². The quantitative estimate of drug-likeness (QED) is 0.868. The van der Waals surface area contributed by atoms with Gasteiger partial charge in [0.2, 0.25) is 5.91 Å². The number of ether oxygens (including phenoxy) is 2. The van der Waals surface area contributed by atoms with Crippen molar-refractivity contribution in [2.24, 2.45) is 0 Å². The number of carbonyl (C=O) groups is 2. The van der Waals surface area contributed by atoms with Crippen LogP contribution in [0.15, 0.2) is 24.3 Å². The summed E-state index contributed by atoms with van der Waals surface area (Å²) in [4.78, 5) is 25.5. The lowest BCUT2D eigenvalue weighted by molar-refractivity contribution is -0.140. The minimum absolute atomic E-state index is 0.00752. The standard InChI is InChI=1S/C17H26N2O4/c1-12(23-14-9-7-13(22-6)8-10-14)16(21)19(5)11-15(20)18-17(2,3)4/h7-10,12H,11H2,1-6H3,(H,18,20). The van der Waals surface area contributed by atoms with Gasteiger partial charge in [0.05, 0.1) is 13.7 Å². The molecule has 0 fully saturated rings. The van der Waals surface area contributed by atoms with E-state index in [4.69, 9.17) is 9.47 Å². The number of hydrogen-bond donors (Lipinski definition) is 1. The fourth-order valence-corrected chi connectivity index (χ4v) is 1.97. The summed E-state index contributed by atoms with van der Waals surface area (Å²) < 4.78 is 10.7. The Kier molecular flexibility index (Phi) is 6.42. The zero-order valence-corrected chi connectivity index (χ0v) is 14.7. The van der Waals surface area contributed by atoms with E-state index in [0.717, 1.165) is 0 Å². The van der Waals surface area contributed by atoms with Crippen LogP contribution in [0, 0.1) is 0 Å². The fourth-order valence-electron chi connectivity index (χ4n) is 1.97. The van der Waals surface area contributed by atoms with Gasteiger partial charge in [-0.15, -0.1) is 0 Å². The summed E-state index contributed by atoms with van der Waals surface area (Å²) in [5.41, 5.74) is -0.327. The summed E-state index contributed by atoms with van der Waals surface area (Å²) in [6, 6.07) is 6.98. The van der Waals surface area contributed by atoms with Crippen LogP contribution in [-0.4, -0.2) is 49.1 Å². The number of nitrogens with zero attached hydrogens (tertiary/aromatic N) is 1. The molecule has 0 radical (unpaired) electrons. The lowest BCUT2D eigenvalue weighted by Gasteiger charge is -2.25. The maximum atomic E-state index is 12.3. The van der Waals surface area contributed by atoms with E-state index >= 15 is 0 Å². The molecule has 0 aromatic heterocycles. The van der Waals surface area contributed by atoms with Crippen LogP contribution in [0.4, 0.5) is 0 Å². The van der Waals surface area contributed by atoms with Crippen LogP contribution in [-0.2, 0) is 9.59 Å². The molecule has 2 amide bonds. The van der Waals surface area contributed by atoms with Gasteiger partial charge in [0, 0.05) is 12.6 Å². The van der Waals surface area contributed by atoms with Gasteiger partial charge in [0.1, 0.15) is 11.5 Å². The normalized spacial score (nSPS) is 12.3. The summed E-state index contributed by atoms with van der Waals surface area (Å²) in [7, 11) is 3.16. The van der Waals surface area contributed by atoms with E-state index < -0.39 is 6.10 Å². The van der Waals surface area contributed by atoms with E-state index in [1.165, 1.54) is 4.90 Å². The van der Waals surface area contributed by atoms with Crippen LogP contribution < -0.4 is 14.8 Å². The Bertz CT molecular complexity index is 535. The first-order chi connectivity index (χ1) is 10.6. The van der Waals surface area contributed by atoms with Gasteiger partial charge in [-0.1, -0.05) is 0 Å². The first kappa shape index (κ1) is 18.8. The summed E-state index contributed by atoms with van der Waals surface area (Å²) in [6.07, 6.45) is -0.684. The zero-order valence-electron chi connectivity index (χ0n) is 14.7. The number of methoxy groups -OCH3 is 1. The molecule has 0 heterocycles. The Morgan fingerprint density at radius 1 is 1.17 bits per heavy atom. The highest BCUT2D eigenvalue weighted by Gasteiger charge is 2.22. The molecule has 0 saturated heterocycles. The van der Waals surface area contributed by atoms with Crippen molar-refractivity contribution < 1.29 is 19.1 Å². The molecule has 1 atom stereocenters. The smallest absolute Gasteiger partial charge is 0.263 e. The highest BCUT2D eigenvalue weighted by atomic mass is 16.5. The van der Waals surface area contributed by atoms with Crippen molar-refractivity contribution in [3.63, 3.8) is 0 Å². The third kappa shape index (κ3) is 6.59. The summed E-state index contributed by atoms with van der Waals surface area (Å²) in [5.74, 6) is 0.821. The molecule has 1 rings (SSSR count). The van der Waals surface area contributed by atoms with Crippen LogP contribution in [0.1, 0.15) is 27.7 Å². The largest absolute Gasteiger partial charge is 0.497 e. The lowest BCUT2D eigenvalue weighted by Crippen LogP contribution is -2.48. The summed E-state index contributed by atoms with van der Waals surface area (Å²) in [5, 5.41) is 2.82. The van der Waals surface area contributed by atoms with Crippen molar-refractivity contribution in [1.82, 2.24) is 10.2 Å². The van der Waals surface area contributed by atoms with Gasteiger partial charge >= 0.3 is 0 Å². The number of carbonyl (C=O) groups excluding carboxylic acids is 2. The number of nitrogens with one attached hydrogen (secondary N) is 1. The van der Waals surface area contributed by atoms with Crippen molar-refractivity contribution in [1.29, 1.82) is 0 Å². The van der Waals surface area contributed by atoms with Crippen molar-refractivity contribution in [3.05, 3.63) is 24.3 Å². The first-order valence-electron chi connectivity index (χ1n) is 7.49. The molecular formula is C17H26N2O4. The molecule has 1 N–H and O–H groups in total. The third-order valence-electron chi connectivity index (χ3n) is 2.99. The molecule has 0 aliphatic carbocycles. The molecule has 0 aliphatic heterocycles. The van der Waals surface area contributed by atoms with Gasteiger partial charge in [-0.05, 0) is 52.0 Å². The molecule has 1 unspecified atom stereocenters. The maximum Gasteiger partial charge on any atom is 0.263 e. The summed E-state index contributed by atoms with van der Waals surface area (Å²) in [6.45, 7) is 7.32. The van der Waals surface area contributed by atoms with Crippen LogP contribution in [0.5, 0.6) is 11.5 Å². The van der Waals surface area contributed by atoms with E-state index in [9.17, 15) is 9.59 Å². The van der Waals surface area contributed by atoms with E-state index in [2.05, 4.69) is 5.32 Å². The first-order valence-corrected chi connectivity index (χ1v) is 7.49. The highest BCUT2D eigenvalue weighted by molar-refractivity contribution is 5.87. The van der Waals surface area contributed by atoms with Crippen molar-refractivity contribution in [2.75, 3.05) is 20.7 Å². The second kappa shape index (κ2) is 7.85. The SMILES string of the molecule is COc1ccc(OC(C)C(=O)N(C)CC(=O)NC(C)(C)C)cc1. The Morgan fingerprint density at radius 2 is 1.70 bits per heavy atom. The Labute approximate surface area is 137 Å². The van der Waals surface area contributed by atoms with Crippen LogP contribution in [0.25, 0.3) is 0 Å². The Hall–Kier alpha value is -2.24. The maximum absolute atomic E-state index is 12.3. The molecule has 0 bridgehead atoms. The average molecular weight is 322 g/mol. The molecule has 128 valence electrons. The molecule has 0 aliphatic rings. The Balaban J connectivity index is 2.55. The van der Waals surface area contributed by atoms with Crippen molar-refractivity contribution >= 4 is 11.8 Å². The van der Waals surface area contributed by atoms with Gasteiger partial charge in [-0.3, -0.25) is 9.59 Å². The van der Waals surface area contributed by atoms with E-state index in [-0.39, 0.29) is 23.9 Å².